The fraction of sp³-hybridized carbons (Fsp3) is 0.185. The van der Waals surface area contributed by atoms with Crippen LogP contribution in [0.4, 0.5) is 5.69 Å². The van der Waals surface area contributed by atoms with E-state index in [1.165, 1.54) is 21.9 Å². The van der Waals surface area contributed by atoms with Gasteiger partial charge in [-0.05, 0) is 66.9 Å². The first-order valence-corrected chi connectivity index (χ1v) is 10.9. The van der Waals surface area contributed by atoms with E-state index in [1.807, 2.05) is 32.0 Å². The van der Waals surface area contributed by atoms with Crippen LogP contribution < -0.4 is 10.2 Å². The summed E-state index contributed by atoms with van der Waals surface area (Å²) in [4.78, 5) is 53.5. The Labute approximate surface area is 198 Å². The van der Waals surface area contributed by atoms with Crippen molar-refractivity contribution >= 4 is 29.3 Å². The average Bonchev–Trinajstić information content (AvgIpc) is 3.08. The maximum atomic E-state index is 13.1. The van der Waals surface area contributed by atoms with Gasteiger partial charge in [0.2, 0.25) is 0 Å². The van der Waals surface area contributed by atoms with E-state index in [-0.39, 0.29) is 29.5 Å². The lowest BCUT2D eigenvalue weighted by molar-refractivity contribution is 0.0826. The molecule has 0 saturated heterocycles. The van der Waals surface area contributed by atoms with Crippen LogP contribution in [0.3, 0.4) is 0 Å². The lowest BCUT2D eigenvalue weighted by atomic mass is 10.1. The molecule has 1 aliphatic heterocycles. The number of fused-ring (bicyclic) bond motifs is 1. The predicted octanol–water partition coefficient (Wildman–Crippen LogP) is 3.74. The molecule has 4 rings (SSSR count). The number of benzene rings is 3. The summed E-state index contributed by atoms with van der Waals surface area (Å²) in [5, 5.41) is 2.82. The fourth-order valence-corrected chi connectivity index (χ4v) is 3.87. The summed E-state index contributed by atoms with van der Waals surface area (Å²) in [6, 6.07) is 17.1. The van der Waals surface area contributed by atoms with Gasteiger partial charge in [0, 0.05) is 31.8 Å². The summed E-state index contributed by atoms with van der Waals surface area (Å²) in [5.74, 6) is -1.29. The number of aryl methyl sites for hydroxylation is 2. The highest BCUT2D eigenvalue weighted by Gasteiger charge is 2.37. The molecule has 0 saturated carbocycles. The van der Waals surface area contributed by atoms with Gasteiger partial charge in [-0.1, -0.05) is 24.3 Å². The molecule has 0 bridgehead atoms. The third-order valence-corrected chi connectivity index (χ3v) is 5.81. The molecule has 1 heterocycles. The number of nitrogens with one attached hydrogen (secondary N) is 1. The van der Waals surface area contributed by atoms with Crippen LogP contribution >= 0.6 is 0 Å². The third-order valence-electron chi connectivity index (χ3n) is 5.81. The minimum atomic E-state index is -0.440. The SMILES string of the molecule is Cc1ccc(C)c(N2C(=O)c3ccc(C(=O)NCc4ccc(C(=O)N(C)C)cc4)cc3C2=O)c1. The van der Waals surface area contributed by atoms with Crippen LogP contribution in [0.2, 0.25) is 0 Å². The molecule has 0 aromatic heterocycles. The van der Waals surface area contributed by atoms with Crippen molar-refractivity contribution in [3.8, 4) is 0 Å². The summed E-state index contributed by atoms with van der Waals surface area (Å²) in [6.07, 6.45) is 0. The van der Waals surface area contributed by atoms with E-state index in [0.717, 1.165) is 16.7 Å². The lowest BCUT2D eigenvalue weighted by Gasteiger charge is -2.17. The number of imide groups is 1. The first-order chi connectivity index (χ1) is 16.2. The second-order valence-electron chi connectivity index (χ2n) is 8.58. The van der Waals surface area contributed by atoms with Gasteiger partial charge in [-0.2, -0.15) is 0 Å². The standard InChI is InChI=1S/C27H25N3O4/c1-16-5-6-17(2)23(13-16)30-26(33)21-12-11-20(14-22(21)27(30)34)24(31)28-15-18-7-9-19(10-8-18)25(32)29(3)4/h5-14H,15H2,1-4H3,(H,28,31). The van der Waals surface area contributed by atoms with Gasteiger partial charge in [0.25, 0.3) is 23.6 Å². The summed E-state index contributed by atoms with van der Waals surface area (Å²) < 4.78 is 0. The molecule has 7 heteroatoms. The summed E-state index contributed by atoms with van der Waals surface area (Å²) in [7, 11) is 3.37. The van der Waals surface area contributed by atoms with Gasteiger partial charge in [-0.25, -0.2) is 4.90 Å². The molecular weight excluding hydrogens is 430 g/mol. The van der Waals surface area contributed by atoms with Gasteiger partial charge in [0.1, 0.15) is 0 Å². The Morgan fingerprint density at radius 1 is 0.824 bits per heavy atom. The van der Waals surface area contributed by atoms with Crippen molar-refractivity contribution in [1.82, 2.24) is 10.2 Å². The number of carbonyl (C=O) groups is 4. The summed E-state index contributed by atoms with van der Waals surface area (Å²) in [6.45, 7) is 4.01. The number of carbonyl (C=O) groups excluding carboxylic acids is 4. The molecule has 34 heavy (non-hydrogen) atoms. The molecule has 1 aliphatic rings. The molecule has 3 aromatic rings. The number of rotatable bonds is 5. The van der Waals surface area contributed by atoms with Crippen molar-refractivity contribution in [2.45, 2.75) is 20.4 Å². The minimum absolute atomic E-state index is 0.0946. The monoisotopic (exact) mass is 455 g/mol. The average molecular weight is 456 g/mol. The van der Waals surface area contributed by atoms with Gasteiger partial charge in [0.05, 0.1) is 16.8 Å². The number of nitrogens with zero attached hydrogens (tertiary/aromatic N) is 2. The van der Waals surface area contributed by atoms with E-state index in [0.29, 0.717) is 16.8 Å². The van der Waals surface area contributed by atoms with Gasteiger partial charge in [-0.15, -0.1) is 0 Å². The Morgan fingerprint density at radius 3 is 2.15 bits per heavy atom. The van der Waals surface area contributed by atoms with Gasteiger partial charge in [0.15, 0.2) is 0 Å². The van der Waals surface area contributed by atoms with Crippen molar-refractivity contribution in [3.63, 3.8) is 0 Å². The minimum Gasteiger partial charge on any atom is -0.348 e. The van der Waals surface area contributed by atoms with Gasteiger partial charge >= 0.3 is 0 Å². The molecule has 3 aromatic carbocycles. The topological polar surface area (TPSA) is 86.8 Å². The van der Waals surface area contributed by atoms with Gasteiger partial charge in [-0.3, -0.25) is 19.2 Å². The Hall–Kier alpha value is -4.26. The highest BCUT2D eigenvalue weighted by atomic mass is 16.2. The van der Waals surface area contributed by atoms with Crippen molar-refractivity contribution in [2.75, 3.05) is 19.0 Å². The van der Waals surface area contributed by atoms with Crippen molar-refractivity contribution < 1.29 is 19.2 Å². The molecule has 0 spiro atoms. The van der Waals surface area contributed by atoms with E-state index < -0.39 is 11.8 Å². The first kappa shape index (κ1) is 22.9. The van der Waals surface area contributed by atoms with E-state index in [2.05, 4.69) is 5.32 Å². The Bertz CT molecular complexity index is 1330. The normalized spacial score (nSPS) is 12.5. The second kappa shape index (κ2) is 8.94. The molecule has 1 N–H and O–H groups in total. The Morgan fingerprint density at radius 2 is 1.47 bits per heavy atom. The molecule has 172 valence electrons. The van der Waals surface area contributed by atoms with E-state index >= 15 is 0 Å². The van der Waals surface area contributed by atoms with Crippen molar-refractivity contribution in [2.24, 2.45) is 0 Å². The molecule has 0 radical (unpaired) electrons. The van der Waals surface area contributed by atoms with Crippen LogP contribution in [0.5, 0.6) is 0 Å². The summed E-state index contributed by atoms with van der Waals surface area (Å²) >= 11 is 0. The van der Waals surface area contributed by atoms with Crippen LogP contribution in [0.1, 0.15) is 58.1 Å². The maximum Gasteiger partial charge on any atom is 0.266 e. The summed E-state index contributed by atoms with van der Waals surface area (Å²) in [5.41, 5.74) is 4.49. The van der Waals surface area contributed by atoms with E-state index in [9.17, 15) is 19.2 Å². The van der Waals surface area contributed by atoms with Crippen LogP contribution in [-0.4, -0.2) is 42.6 Å². The van der Waals surface area contributed by atoms with Crippen molar-refractivity contribution in [1.29, 1.82) is 0 Å². The molecule has 0 atom stereocenters. The second-order valence-corrected chi connectivity index (χ2v) is 8.58. The number of hydrogen-bond donors (Lipinski definition) is 1. The smallest absolute Gasteiger partial charge is 0.266 e. The molecule has 0 fully saturated rings. The molecule has 0 aliphatic carbocycles. The zero-order valence-corrected chi connectivity index (χ0v) is 19.5. The van der Waals surface area contributed by atoms with Crippen LogP contribution in [-0.2, 0) is 6.54 Å². The van der Waals surface area contributed by atoms with Crippen LogP contribution in [0.25, 0.3) is 0 Å². The number of anilines is 1. The number of amides is 4. The molecule has 0 unspecified atom stereocenters. The highest BCUT2D eigenvalue weighted by molar-refractivity contribution is 6.35. The highest BCUT2D eigenvalue weighted by Crippen LogP contribution is 2.31. The Balaban J connectivity index is 1.50. The van der Waals surface area contributed by atoms with Crippen molar-refractivity contribution in [3.05, 3.63) is 99.6 Å². The molecular formula is C27H25N3O4. The van der Waals surface area contributed by atoms with E-state index in [1.54, 1.807) is 44.4 Å². The first-order valence-electron chi connectivity index (χ1n) is 10.9. The Kier molecular flexibility index (Phi) is 6.03. The van der Waals surface area contributed by atoms with Crippen LogP contribution in [0.15, 0.2) is 60.7 Å². The largest absolute Gasteiger partial charge is 0.348 e. The quantitative estimate of drug-likeness (QED) is 0.594. The third kappa shape index (κ3) is 4.20. The van der Waals surface area contributed by atoms with Crippen LogP contribution in [0, 0.1) is 13.8 Å². The zero-order chi connectivity index (χ0) is 24.6. The number of hydrogen-bond acceptors (Lipinski definition) is 4. The predicted molar refractivity (Wildman–Crippen MR) is 129 cm³/mol. The molecule has 7 nitrogen and oxygen atoms in total. The zero-order valence-electron chi connectivity index (χ0n) is 19.5. The molecule has 4 amide bonds. The fourth-order valence-electron chi connectivity index (χ4n) is 3.87. The lowest BCUT2D eigenvalue weighted by Crippen LogP contribution is -2.30. The maximum absolute atomic E-state index is 13.1. The van der Waals surface area contributed by atoms with E-state index in [4.69, 9.17) is 0 Å². The van der Waals surface area contributed by atoms with Gasteiger partial charge < -0.3 is 10.2 Å².